The lowest BCUT2D eigenvalue weighted by atomic mass is 9.77. The molecule has 1 aliphatic rings. The lowest BCUT2D eigenvalue weighted by Gasteiger charge is -2.31. The van der Waals surface area contributed by atoms with Crippen molar-refractivity contribution < 1.29 is 46.1 Å². The van der Waals surface area contributed by atoms with Crippen LogP contribution in [-0.4, -0.2) is 34.8 Å². The number of phenolic OH excluding ortho intramolecular Hbond substituents is 1. The number of primary amides is 1. The standard InChI is InChI=1S/C20H18F5N3O5/c1-8-13(10-3-4-11(21)14(22)15(10)29)16(33-19(8,2)20(23,24)25)18(31)27-9-5-6-28(32)12(7-9)17(26)30/h3-8,13,16,29H,1-2H3,(H2,26,30)(H,27,31)/t8-,13-,16-,19-/m0/s1. The molecular weight excluding hydrogens is 457 g/mol. The number of hydrogen-bond donors (Lipinski definition) is 3. The van der Waals surface area contributed by atoms with Gasteiger partial charge in [-0.2, -0.15) is 22.3 Å². The normalized spacial score (nSPS) is 25.1. The van der Waals surface area contributed by atoms with Gasteiger partial charge in [0.2, 0.25) is 5.82 Å². The summed E-state index contributed by atoms with van der Waals surface area (Å²) in [6.07, 6.45) is -6.04. The average molecular weight is 475 g/mol. The summed E-state index contributed by atoms with van der Waals surface area (Å²) in [7, 11) is 0. The number of nitrogens with one attached hydrogen (secondary N) is 1. The van der Waals surface area contributed by atoms with Gasteiger partial charge in [-0.3, -0.25) is 9.59 Å². The van der Waals surface area contributed by atoms with Gasteiger partial charge in [-0.25, -0.2) is 4.39 Å². The molecule has 0 unspecified atom stereocenters. The molecule has 2 amide bonds. The lowest BCUT2D eigenvalue weighted by molar-refractivity contribution is -0.607. The molecule has 1 saturated heterocycles. The molecule has 8 nitrogen and oxygen atoms in total. The van der Waals surface area contributed by atoms with E-state index < -0.39 is 70.2 Å². The van der Waals surface area contributed by atoms with E-state index in [0.717, 1.165) is 31.3 Å². The highest BCUT2D eigenvalue weighted by atomic mass is 19.4. The van der Waals surface area contributed by atoms with Crippen LogP contribution < -0.4 is 15.8 Å². The van der Waals surface area contributed by atoms with Gasteiger partial charge in [0, 0.05) is 29.5 Å². The first-order valence-corrected chi connectivity index (χ1v) is 9.44. The average Bonchev–Trinajstić information content (AvgIpc) is 3.00. The van der Waals surface area contributed by atoms with Crippen LogP contribution in [0.1, 0.15) is 35.8 Å². The molecule has 178 valence electrons. The van der Waals surface area contributed by atoms with Crippen LogP contribution >= 0.6 is 0 Å². The second-order valence-electron chi connectivity index (χ2n) is 7.74. The fraction of sp³-hybridized carbons (Fsp3) is 0.350. The van der Waals surface area contributed by atoms with E-state index in [-0.39, 0.29) is 10.4 Å². The molecule has 0 bridgehead atoms. The lowest BCUT2D eigenvalue weighted by Crippen LogP contribution is -2.47. The van der Waals surface area contributed by atoms with Crippen molar-refractivity contribution in [2.75, 3.05) is 5.32 Å². The summed E-state index contributed by atoms with van der Waals surface area (Å²) in [5.74, 6) is -9.71. The maximum absolute atomic E-state index is 14.0. The first kappa shape index (κ1) is 24.2. The molecule has 4 atom stereocenters. The van der Waals surface area contributed by atoms with Crippen molar-refractivity contribution in [3.05, 3.63) is 58.6 Å². The maximum atomic E-state index is 14.0. The zero-order valence-corrected chi connectivity index (χ0v) is 17.1. The number of rotatable bonds is 4. The molecule has 1 aromatic carbocycles. The summed E-state index contributed by atoms with van der Waals surface area (Å²) >= 11 is 0. The van der Waals surface area contributed by atoms with Crippen LogP contribution in [0.4, 0.5) is 27.6 Å². The topological polar surface area (TPSA) is 129 Å². The third-order valence-electron chi connectivity index (χ3n) is 5.83. The number of aromatic nitrogens is 1. The molecule has 33 heavy (non-hydrogen) atoms. The van der Waals surface area contributed by atoms with Gasteiger partial charge in [0.15, 0.2) is 23.4 Å². The molecule has 13 heteroatoms. The molecular formula is C20H18F5N3O5. The van der Waals surface area contributed by atoms with Crippen molar-refractivity contribution in [3.8, 4) is 5.75 Å². The van der Waals surface area contributed by atoms with Gasteiger partial charge in [-0.1, -0.05) is 13.0 Å². The minimum Gasteiger partial charge on any atom is -0.618 e. The Hall–Kier alpha value is -3.48. The minimum atomic E-state index is -4.96. The molecule has 0 radical (unpaired) electrons. The van der Waals surface area contributed by atoms with Crippen molar-refractivity contribution in [1.82, 2.24) is 0 Å². The number of carbonyl (C=O) groups is 2. The van der Waals surface area contributed by atoms with E-state index in [1.54, 1.807) is 0 Å². The third-order valence-corrected chi connectivity index (χ3v) is 5.83. The van der Waals surface area contributed by atoms with Crippen molar-refractivity contribution >= 4 is 17.5 Å². The number of nitrogens with two attached hydrogens (primary N) is 1. The van der Waals surface area contributed by atoms with E-state index in [4.69, 9.17) is 10.5 Å². The summed E-state index contributed by atoms with van der Waals surface area (Å²) in [6, 6.07) is 3.44. The number of nitrogens with zero attached hydrogens (tertiary/aromatic N) is 1. The number of carbonyl (C=O) groups excluding carboxylic acids is 2. The highest BCUT2D eigenvalue weighted by Crippen LogP contribution is 2.54. The van der Waals surface area contributed by atoms with Crippen LogP contribution in [0.3, 0.4) is 0 Å². The number of phenols is 1. The second kappa shape index (κ2) is 8.14. The van der Waals surface area contributed by atoms with E-state index in [1.165, 1.54) is 0 Å². The Labute approximate surface area is 183 Å². The van der Waals surface area contributed by atoms with E-state index in [2.05, 4.69) is 5.32 Å². The smallest absolute Gasteiger partial charge is 0.417 e. The second-order valence-corrected chi connectivity index (χ2v) is 7.74. The highest BCUT2D eigenvalue weighted by molar-refractivity contribution is 5.97. The molecule has 1 aliphatic heterocycles. The molecule has 0 spiro atoms. The molecule has 1 aromatic heterocycles. The zero-order valence-electron chi connectivity index (χ0n) is 17.1. The predicted octanol–water partition coefficient (Wildman–Crippen LogP) is 2.48. The number of ether oxygens (including phenoxy) is 1. The molecule has 2 heterocycles. The van der Waals surface area contributed by atoms with E-state index >= 15 is 0 Å². The number of anilines is 1. The van der Waals surface area contributed by atoms with Crippen LogP contribution in [0.25, 0.3) is 0 Å². The summed E-state index contributed by atoms with van der Waals surface area (Å²) in [4.78, 5) is 24.3. The minimum absolute atomic E-state index is 0.120. The van der Waals surface area contributed by atoms with Gasteiger partial charge >= 0.3 is 12.1 Å². The fourth-order valence-electron chi connectivity index (χ4n) is 3.81. The quantitative estimate of drug-likeness (QED) is 0.356. The first-order valence-electron chi connectivity index (χ1n) is 9.44. The zero-order chi connectivity index (χ0) is 24.9. The van der Waals surface area contributed by atoms with Crippen LogP contribution in [0.5, 0.6) is 5.75 Å². The monoisotopic (exact) mass is 475 g/mol. The Bertz CT molecular complexity index is 1130. The van der Waals surface area contributed by atoms with Crippen molar-refractivity contribution in [2.24, 2.45) is 11.7 Å². The van der Waals surface area contributed by atoms with Crippen molar-refractivity contribution in [2.45, 2.75) is 37.6 Å². The summed E-state index contributed by atoms with van der Waals surface area (Å²) in [5.41, 5.74) is 1.00. The van der Waals surface area contributed by atoms with E-state index in [0.29, 0.717) is 13.0 Å². The predicted molar refractivity (Wildman–Crippen MR) is 102 cm³/mol. The third kappa shape index (κ3) is 4.03. The number of amides is 2. The van der Waals surface area contributed by atoms with Crippen LogP contribution in [-0.2, 0) is 9.53 Å². The fourth-order valence-corrected chi connectivity index (χ4v) is 3.81. The molecule has 4 N–H and O–H groups in total. The number of pyridine rings is 1. The first-order chi connectivity index (χ1) is 15.2. The van der Waals surface area contributed by atoms with Gasteiger partial charge in [0.1, 0.15) is 6.10 Å². The Morgan fingerprint density at radius 1 is 1.27 bits per heavy atom. The molecule has 0 saturated carbocycles. The Kier molecular flexibility index (Phi) is 5.96. The Morgan fingerprint density at radius 2 is 1.91 bits per heavy atom. The molecule has 1 fully saturated rings. The van der Waals surface area contributed by atoms with Crippen LogP contribution in [0.15, 0.2) is 30.5 Å². The molecule has 3 rings (SSSR count). The van der Waals surface area contributed by atoms with Crippen molar-refractivity contribution in [3.63, 3.8) is 0 Å². The number of halogens is 5. The van der Waals surface area contributed by atoms with Gasteiger partial charge < -0.3 is 26.1 Å². The van der Waals surface area contributed by atoms with Gasteiger partial charge in [-0.05, 0) is 13.0 Å². The van der Waals surface area contributed by atoms with Gasteiger partial charge in [0.25, 0.3) is 11.6 Å². The van der Waals surface area contributed by atoms with E-state index in [1.807, 2.05) is 0 Å². The molecule has 0 aliphatic carbocycles. The SMILES string of the molecule is C[C@H]1[C@@H](c2ccc(F)c(F)c2O)[C@@H](C(=O)Nc2cc[n+]([O-])c(C(N)=O)c2)O[C@]1(C)C(F)(F)F. The Morgan fingerprint density at radius 3 is 2.48 bits per heavy atom. The largest absolute Gasteiger partial charge is 0.618 e. The number of hydrogen-bond acceptors (Lipinski definition) is 5. The van der Waals surface area contributed by atoms with Gasteiger partial charge in [0.05, 0.1) is 5.69 Å². The maximum Gasteiger partial charge on any atom is 0.417 e. The van der Waals surface area contributed by atoms with E-state index in [9.17, 15) is 41.9 Å². The number of benzene rings is 1. The summed E-state index contributed by atoms with van der Waals surface area (Å²) in [5, 5.41) is 23.9. The number of aromatic hydroxyl groups is 1. The Balaban J connectivity index is 2.05. The highest BCUT2D eigenvalue weighted by Gasteiger charge is 2.65. The van der Waals surface area contributed by atoms with Crippen LogP contribution in [0, 0.1) is 22.8 Å². The van der Waals surface area contributed by atoms with Crippen LogP contribution in [0.2, 0.25) is 0 Å². The molecule has 2 aromatic rings. The van der Waals surface area contributed by atoms with Crippen molar-refractivity contribution in [1.29, 1.82) is 0 Å². The summed E-state index contributed by atoms with van der Waals surface area (Å²) in [6.45, 7) is 1.79. The summed E-state index contributed by atoms with van der Waals surface area (Å²) < 4.78 is 74.2. The van der Waals surface area contributed by atoms with Gasteiger partial charge in [-0.15, -0.1) is 0 Å². The number of alkyl halides is 3.